The van der Waals surface area contributed by atoms with Crippen molar-refractivity contribution in [1.29, 1.82) is 0 Å². The van der Waals surface area contributed by atoms with E-state index in [4.69, 9.17) is 16.3 Å². The first-order valence-electron chi connectivity index (χ1n) is 4.64. The first kappa shape index (κ1) is 12.2. The van der Waals surface area contributed by atoms with Crippen LogP contribution in [0.3, 0.4) is 0 Å². The zero-order valence-corrected chi connectivity index (χ0v) is 9.60. The molecule has 0 radical (unpaired) electrons. The molecule has 0 heterocycles. The minimum Gasteiger partial charge on any atom is -0.380 e. The highest BCUT2D eigenvalue weighted by molar-refractivity contribution is 6.31. The van der Waals surface area contributed by atoms with Crippen LogP contribution in [0.25, 0.3) is 0 Å². The van der Waals surface area contributed by atoms with Gasteiger partial charge in [-0.2, -0.15) is 0 Å². The van der Waals surface area contributed by atoms with Gasteiger partial charge in [0.25, 0.3) is 0 Å². The highest BCUT2D eigenvalue weighted by atomic mass is 35.5. The number of ether oxygens (including phenoxy) is 1. The molecule has 1 aromatic rings. The largest absolute Gasteiger partial charge is 0.380 e. The standard InChI is InChI=1S/C11H14ClNO2/c1-13-6-11(14)8-3-4-9(7-15-2)10(12)5-8/h3-5,13H,6-7H2,1-2H3. The van der Waals surface area contributed by atoms with E-state index in [0.29, 0.717) is 23.7 Å². The number of benzene rings is 1. The smallest absolute Gasteiger partial charge is 0.176 e. The lowest BCUT2D eigenvalue weighted by Crippen LogP contribution is -2.18. The Bertz CT molecular complexity index is 352. The van der Waals surface area contributed by atoms with Gasteiger partial charge in [0.2, 0.25) is 0 Å². The molecule has 0 unspecified atom stereocenters. The van der Waals surface area contributed by atoms with Gasteiger partial charge in [-0.3, -0.25) is 4.79 Å². The van der Waals surface area contributed by atoms with Gasteiger partial charge in [-0.05, 0) is 18.7 Å². The van der Waals surface area contributed by atoms with E-state index in [1.54, 1.807) is 26.3 Å². The SMILES string of the molecule is CNCC(=O)c1ccc(COC)c(Cl)c1. The second kappa shape index (κ2) is 5.85. The van der Waals surface area contributed by atoms with Crippen molar-refractivity contribution in [2.75, 3.05) is 20.7 Å². The summed E-state index contributed by atoms with van der Waals surface area (Å²) >= 11 is 6.00. The number of Topliss-reactive ketones (excluding diaryl/α,β-unsaturated/α-hetero) is 1. The molecule has 0 saturated heterocycles. The number of carbonyl (C=O) groups excluding carboxylic acids is 1. The molecular formula is C11H14ClNO2. The zero-order valence-electron chi connectivity index (χ0n) is 8.84. The summed E-state index contributed by atoms with van der Waals surface area (Å²) in [5.74, 6) is 0.0309. The molecule has 0 amide bonds. The molecular weight excluding hydrogens is 214 g/mol. The maximum absolute atomic E-state index is 11.5. The average molecular weight is 228 g/mol. The van der Waals surface area contributed by atoms with Crippen LogP contribution in [0.2, 0.25) is 5.02 Å². The Morgan fingerprint density at radius 2 is 2.27 bits per heavy atom. The van der Waals surface area contributed by atoms with Crippen LogP contribution < -0.4 is 5.32 Å². The van der Waals surface area contributed by atoms with E-state index in [2.05, 4.69) is 5.32 Å². The second-order valence-electron chi connectivity index (χ2n) is 3.19. The van der Waals surface area contributed by atoms with Crippen LogP contribution in [-0.4, -0.2) is 26.5 Å². The molecule has 4 heteroatoms. The highest BCUT2D eigenvalue weighted by Gasteiger charge is 2.07. The van der Waals surface area contributed by atoms with Crippen molar-refractivity contribution < 1.29 is 9.53 Å². The monoisotopic (exact) mass is 227 g/mol. The van der Waals surface area contributed by atoms with Crippen LogP contribution in [0.4, 0.5) is 0 Å². The van der Waals surface area contributed by atoms with E-state index in [9.17, 15) is 4.79 Å². The van der Waals surface area contributed by atoms with E-state index >= 15 is 0 Å². The summed E-state index contributed by atoms with van der Waals surface area (Å²) in [5, 5.41) is 3.38. The van der Waals surface area contributed by atoms with Crippen LogP contribution in [0, 0.1) is 0 Å². The third-order valence-corrected chi connectivity index (χ3v) is 2.36. The Hall–Kier alpha value is -0.900. The van der Waals surface area contributed by atoms with Gasteiger partial charge in [-0.1, -0.05) is 23.7 Å². The van der Waals surface area contributed by atoms with Crippen LogP contribution in [-0.2, 0) is 11.3 Å². The molecule has 1 N–H and O–H groups in total. The quantitative estimate of drug-likeness (QED) is 0.781. The van der Waals surface area contributed by atoms with Gasteiger partial charge >= 0.3 is 0 Å². The van der Waals surface area contributed by atoms with Crippen molar-refractivity contribution in [2.45, 2.75) is 6.61 Å². The Balaban J connectivity index is 2.86. The maximum Gasteiger partial charge on any atom is 0.176 e. The summed E-state index contributed by atoms with van der Waals surface area (Å²) in [4.78, 5) is 11.5. The Morgan fingerprint density at radius 3 is 2.80 bits per heavy atom. The molecule has 0 saturated carbocycles. The van der Waals surface area contributed by atoms with Gasteiger partial charge in [0.05, 0.1) is 13.2 Å². The fourth-order valence-electron chi connectivity index (χ4n) is 1.26. The van der Waals surface area contributed by atoms with Crippen molar-refractivity contribution in [3.05, 3.63) is 34.3 Å². The fourth-order valence-corrected chi connectivity index (χ4v) is 1.49. The lowest BCUT2D eigenvalue weighted by molar-refractivity contribution is 0.0993. The molecule has 15 heavy (non-hydrogen) atoms. The number of hydrogen-bond acceptors (Lipinski definition) is 3. The zero-order chi connectivity index (χ0) is 11.3. The molecule has 0 bridgehead atoms. The molecule has 0 aliphatic heterocycles. The summed E-state index contributed by atoms with van der Waals surface area (Å²) in [6.45, 7) is 0.777. The van der Waals surface area contributed by atoms with Crippen LogP contribution >= 0.6 is 11.6 Å². The van der Waals surface area contributed by atoms with Gasteiger partial charge in [0, 0.05) is 17.7 Å². The van der Waals surface area contributed by atoms with E-state index in [0.717, 1.165) is 5.56 Å². The fraction of sp³-hybridized carbons (Fsp3) is 0.364. The maximum atomic E-state index is 11.5. The molecule has 0 fully saturated rings. The third kappa shape index (κ3) is 3.30. The number of rotatable bonds is 5. The lowest BCUT2D eigenvalue weighted by Gasteiger charge is -2.05. The van der Waals surface area contributed by atoms with Gasteiger partial charge in [0.1, 0.15) is 0 Å². The molecule has 0 aliphatic rings. The first-order chi connectivity index (χ1) is 7.19. The van der Waals surface area contributed by atoms with E-state index in [1.165, 1.54) is 0 Å². The highest BCUT2D eigenvalue weighted by Crippen LogP contribution is 2.18. The van der Waals surface area contributed by atoms with Crippen LogP contribution in [0.5, 0.6) is 0 Å². The first-order valence-corrected chi connectivity index (χ1v) is 5.02. The van der Waals surface area contributed by atoms with Crippen LogP contribution in [0.15, 0.2) is 18.2 Å². The number of nitrogens with one attached hydrogen (secondary N) is 1. The topological polar surface area (TPSA) is 38.3 Å². The molecule has 1 rings (SSSR count). The normalized spacial score (nSPS) is 10.3. The van der Waals surface area contributed by atoms with Crippen molar-refractivity contribution in [3.8, 4) is 0 Å². The minimum atomic E-state index is 0.0309. The minimum absolute atomic E-state index is 0.0309. The lowest BCUT2D eigenvalue weighted by atomic mass is 10.1. The number of carbonyl (C=O) groups is 1. The van der Waals surface area contributed by atoms with E-state index in [-0.39, 0.29) is 5.78 Å². The molecule has 3 nitrogen and oxygen atoms in total. The molecule has 0 atom stereocenters. The summed E-state index contributed by atoms with van der Waals surface area (Å²) in [6.07, 6.45) is 0. The van der Waals surface area contributed by atoms with Gasteiger partial charge in [0.15, 0.2) is 5.78 Å². The predicted octanol–water partition coefficient (Wildman–Crippen LogP) is 1.89. The number of ketones is 1. The Morgan fingerprint density at radius 1 is 1.53 bits per heavy atom. The molecule has 1 aromatic carbocycles. The van der Waals surface area contributed by atoms with Gasteiger partial charge in [-0.15, -0.1) is 0 Å². The third-order valence-electron chi connectivity index (χ3n) is 2.01. The summed E-state index contributed by atoms with van der Waals surface area (Å²) < 4.78 is 4.97. The van der Waals surface area contributed by atoms with Crippen LogP contribution in [0.1, 0.15) is 15.9 Å². The van der Waals surface area contributed by atoms with E-state index < -0.39 is 0 Å². The van der Waals surface area contributed by atoms with E-state index in [1.807, 2.05) is 6.07 Å². The van der Waals surface area contributed by atoms with Crippen molar-refractivity contribution >= 4 is 17.4 Å². The van der Waals surface area contributed by atoms with Crippen molar-refractivity contribution in [1.82, 2.24) is 5.32 Å². The number of methoxy groups -OCH3 is 1. The number of hydrogen-bond donors (Lipinski definition) is 1. The molecule has 0 spiro atoms. The van der Waals surface area contributed by atoms with Gasteiger partial charge in [-0.25, -0.2) is 0 Å². The molecule has 0 aliphatic carbocycles. The number of halogens is 1. The summed E-state index contributed by atoms with van der Waals surface area (Å²) in [6, 6.07) is 5.25. The van der Waals surface area contributed by atoms with Gasteiger partial charge < -0.3 is 10.1 Å². The van der Waals surface area contributed by atoms with Crippen molar-refractivity contribution in [3.63, 3.8) is 0 Å². The predicted molar refractivity (Wildman–Crippen MR) is 60.4 cm³/mol. The molecule has 0 aromatic heterocycles. The summed E-state index contributed by atoms with van der Waals surface area (Å²) in [5.41, 5.74) is 1.51. The molecule has 82 valence electrons. The number of likely N-dealkylation sites (N-methyl/N-ethyl adjacent to an activating group) is 1. The second-order valence-corrected chi connectivity index (χ2v) is 3.60. The Labute approximate surface area is 94.4 Å². The Kier molecular flexibility index (Phi) is 4.75. The van der Waals surface area contributed by atoms with Crippen molar-refractivity contribution in [2.24, 2.45) is 0 Å². The average Bonchev–Trinajstić information content (AvgIpc) is 2.21. The summed E-state index contributed by atoms with van der Waals surface area (Å²) in [7, 11) is 3.34.